The van der Waals surface area contributed by atoms with Gasteiger partial charge in [-0.3, -0.25) is 9.69 Å². The molecule has 0 amide bonds. The number of aryl methyl sites for hydroxylation is 1. The van der Waals surface area contributed by atoms with Gasteiger partial charge in [0.2, 0.25) is 0 Å². The SMILES string of the molecule is CCc1cc(C(=O)O)c(=O)[nH]c1-c1ccc(N2C[C@H]3CN(Cc4ccccc4)C[C@H]3C2)cc1.Cl. The van der Waals surface area contributed by atoms with E-state index in [0.29, 0.717) is 24.0 Å². The number of hydrogen-bond donors (Lipinski definition) is 2. The van der Waals surface area contributed by atoms with Crippen LogP contribution in [-0.2, 0) is 13.0 Å². The first-order valence-electron chi connectivity index (χ1n) is 11.6. The molecule has 6 nitrogen and oxygen atoms in total. The summed E-state index contributed by atoms with van der Waals surface area (Å²) < 4.78 is 0. The highest BCUT2D eigenvalue weighted by Crippen LogP contribution is 2.35. The number of hydrogen-bond acceptors (Lipinski definition) is 4. The van der Waals surface area contributed by atoms with Crippen LogP contribution in [0.5, 0.6) is 0 Å². The van der Waals surface area contributed by atoms with Crippen LogP contribution in [0.1, 0.15) is 28.4 Å². The molecule has 0 aliphatic carbocycles. The fourth-order valence-electron chi connectivity index (χ4n) is 5.38. The van der Waals surface area contributed by atoms with Gasteiger partial charge in [-0.2, -0.15) is 0 Å². The van der Waals surface area contributed by atoms with Crippen LogP contribution in [-0.4, -0.2) is 47.1 Å². The van der Waals surface area contributed by atoms with Gasteiger partial charge in [0.05, 0.1) is 5.69 Å². The van der Waals surface area contributed by atoms with Crippen molar-refractivity contribution in [2.45, 2.75) is 19.9 Å². The molecule has 0 bridgehead atoms. The van der Waals surface area contributed by atoms with E-state index in [9.17, 15) is 14.7 Å². The monoisotopic (exact) mass is 479 g/mol. The van der Waals surface area contributed by atoms with Gasteiger partial charge in [0.25, 0.3) is 5.56 Å². The lowest BCUT2D eigenvalue weighted by Gasteiger charge is -2.23. The Kier molecular flexibility index (Phi) is 7.10. The van der Waals surface area contributed by atoms with Gasteiger partial charge in [-0.15, -0.1) is 12.4 Å². The first kappa shape index (κ1) is 24.0. The number of carboxylic acids is 1. The molecule has 5 rings (SSSR count). The van der Waals surface area contributed by atoms with Crippen LogP contribution < -0.4 is 10.5 Å². The number of nitrogens with zero attached hydrogens (tertiary/aromatic N) is 2. The smallest absolute Gasteiger partial charge is 0.341 e. The Labute approximate surface area is 205 Å². The van der Waals surface area contributed by atoms with Crippen molar-refractivity contribution >= 4 is 24.1 Å². The molecule has 0 spiro atoms. The molecule has 2 saturated heterocycles. The second-order valence-electron chi connectivity index (χ2n) is 9.22. The predicted molar refractivity (Wildman–Crippen MR) is 137 cm³/mol. The highest BCUT2D eigenvalue weighted by Gasteiger charge is 2.39. The molecule has 2 N–H and O–H groups in total. The molecule has 178 valence electrons. The van der Waals surface area contributed by atoms with E-state index in [4.69, 9.17) is 0 Å². The number of pyridine rings is 1. The number of rotatable bonds is 6. The molecule has 0 radical (unpaired) electrons. The Balaban J connectivity index is 0.00000274. The zero-order chi connectivity index (χ0) is 22.9. The van der Waals surface area contributed by atoms with E-state index in [2.05, 4.69) is 57.2 Å². The minimum atomic E-state index is -1.20. The Morgan fingerprint density at radius 3 is 2.24 bits per heavy atom. The summed E-state index contributed by atoms with van der Waals surface area (Å²) in [7, 11) is 0. The Morgan fingerprint density at radius 1 is 1.00 bits per heavy atom. The molecule has 34 heavy (non-hydrogen) atoms. The van der Waals surface area contributed by atoms with Crippen molar-refractivity contribution in [1.82, 2.24) is 9.88 Å². The first-order valence-corrected chi connectivity index (χ1v) is 11.6. The van der Waals surface area contributed by atoms with Crippen molar-refractivity contribution in [2.24, 2.45) is 11.8 Å². The molecular weight excluding hydrogens is 450 g/mol. The van der Waals surface area contributed by atoms with Crippen LogP contribution in [0.15, 0.2) is 65.5 Å². The van der Waals surface area contributed by atoms with Gasteiger partial charge in [-0.25, -0.2) is 4.79 Å². The van der Waals surface area contributed by atoms with Crippen molar-refractivity contribution in [2.75, 3.05) is 31.1 Å². The number of anilines is 1. The third-order valence-electron chi connectivity index (χ3n) is 7.07. The normalized spacial score (nSPS) is 19.6. The number of aromatic amines is 1. The Hall–Kier alpha value is -3.09. The molecule has 0 saturated carbocycles. The fraction of sp³-hybridized carbons (Fsp3) is 0.333. The molecule has 2 fully saturated rings. The minimum Gasteiger partial charge on any atom is -0.477 e. The minimum absolute atomic E-state index is 0. The van der Waals surface area contributed by atoms with E-state index in [1.807, 2.05) is 19.1 Å². The Bertz CT molecular complexity index is 1200. The van der Waals surface area contributed by atoms with Gasteiger partial charge in [0.1, 0.15) is 5.56 Å². The standard InChI is InChI=1S/C27H29N3O3.ClH/c1-2-19-12-24(27(32)33)26(31)28-25(19)20-8-10-23(11-9-20)30-16-21-14-29(15-22(21)17-30)13-18-6-4-3-5-7-18;/h3-12,21-22H,2,13-17H2,1H3,(H,28,31)(H,32,33);1H/t21-,22+;. The number of halogens is 1. The molecule has 3 heterocycles. The van der Waals surface area contributed by atoms with Crippen molar-refractivity contribution in [3.8, 4) is 11.3 Å². The summed E-state index contributed by atoms with van der Waals surface area (Å²) in [5.41, 5.74) is 4.24. The highest BCUT2D eigenvalue weighted by molar-refractivity contribution is 5.88. The third kappa shape index (κ3) is 4.74. The molecule has 0 unspecified atom stereocenters. The average Bonchev–Trinajstić information content (AvgIpc) is 3.38. The van der Waals surface area contributed by atoms with Gasteiger partial charge in [-0.1, -0.05) is 49.4 Å². The largest absolute Gasteiger partial charge is 0.477 e. The lowest BCUT2D eigenvalue weighted by Crippen LogP contribution is -2.28. The summed E-state index contributed by atoms with van der Waals surface area (Å²) in [5, 5.41) is 9.23. The Morgan fingerprint density at radius 2 is 1.65 bits per heavy atom. The molecule has 3 aromatic rings. The zero-order valence-corrected chi connectivity index (χ0v) is 20.1. The second-order valence-corrected chi connectivity index (χ2v) is 9.22. The van der Waals surface area contributed by atoms with Gasteiger partial charge >= 0.3 is 5.97 Å². The van der Waals surface area contributed by atoms with Crippen molar-refractivity contribution < 1.29 is 9.90 Å². The summed E-state index contributed by atoms with van der Waals surface area (Å²) >= 11 is 0. The number of H-pyrrole nitrogens is 1. The summed E-state index contributed by atoms with van der Waals surface area (Å²) in [6.45, 7) is 7.41. The number of fused-ring (bicyclic) bond motifs is 1. The lowest BCUT2D eigenvalue weighted by atomic mass is 10.0. The average molecular weight is 480 g/mol. The molecule has 7 heteroatoms. The number of benzene rings is 2. The summed E-state index contributed by atoms with van der Waals surface area (Å²) in [6.07, 6.45) is 0.642. The van der Waals surface area contributed by atoms with Crippen LogP contribution >= 0.6 is 12.4 Å². The topological polar surface area (TPSA) is 76.6 Å². The summed E-state index contributed by atoms with van der Waals surface area (Å²) in [4.78, 5) is 31.3. The van der Waals surface area contributed by atoms with Gasteiger partial charge in [0, 0.05) is 38.4 Å². The maximum absolute atomic E-state index is 12.2. The number of carboxylic acid groups (broad SMARTS) is 1. The first-order chi connectivity index (χ1) is 16.0. The highest BCUT2D eigenvalue weighted by atomic mass is 35.5. The van der Waals surface area contributed by atoms with E-state index >= 15 is 0 Å². The van der Waals surface area contributed by atoms with Crippen molar-refractivity contribution in [3.05, 3.63) is 87.7 Å². The van der Waals surface area contributed by atoms with Crippen LogP contribution in [0.3, 0.4) is 0 Å². The maximum Gasteiger partial charge on any atom is 0.341 e. The maximum atomic E-state index is 12.2. The van der Waals surface area contributed by atoms with Crippen LogP contribution in [0.4, 0.5) is 5.69 Å². The van der Waals surface area contributed by atoms with E-state index in [0.717, 1.165) is 43.9 Å². The zero-order valence-electron chi connectivity index (χ0n) is 19.2. The molecule has 2 atom stereocenters. The summed E-state index contributed by atoms with van der Waals surface area (Å²) in [5.74, 6) is 0.190. The summed E-state index contributed by atoms with van der Waals surface area (Å²) in [6, 6.07) is 20.5. The van der Waals surface area contributed by atoms with Crippen LogP contribution in [0.25, 0.3) is 11.3 Å². The van der Waals surface area contributed by atoms with E-state index in [-0.39, 0.29) is 18.0 Å². The molecular formula is C27H30ClN3O3. The molecule has 1 aromatic heterocycles. The van der Waals surface area contributed by atoms with Crippen molar-refractivity contribution in [3.63, 3.8) is 0 Å². The molecule has 2 aromatic carbocycles. The molecule has 2 aliphatic rings. The predicted octanol–water partition coefficient (Wildman–Crippen LogP) is 4.29. The molecule has 2 aliphatic heterocycles. The van der Waals surface area contributed by atoms with Crippen molar-refractivity contribution in [1.29, 1.82) is 0 Å². The number of nitrogens with one attached hydrogen (secondary N) is 1. The number of likely N-dealkylation sites (tertiary alicyclic amines) is 1. The number of aromatic carboxylic acids is 1. The van der Waals surface area contributed by atoms with Gasteiger partial charge in [-0.05, 0) is 53.1 Å². The van der Waals surface area contributed by atoms with E-state index < -0.39 is 11.5 Å². The van der Waals surface area contributed by atoms with E-state index in [1.165, 1.54) is 17.3 Å². The third-order valence-corrected chi connectivity index (χ3v) is 7.07. The number of carbonyl (C=O) groups is 1. The lowest BCUT2D eigenvalue weighted by molar-refractivity contribution is 0.0695. The van der Waals surface area contributed by atoms with Crippen LogP contribution in [0.2, 0.25) is 0 Å². The quantitative estimate of drug-likeness (QED) is 0.551. The number of aromatic nitrogens is 1. The van der Waals surface area contributed by atoms with E-state index in [1.54, 1.807) is 0 Å². The second kappa shape index (κ2) is 10.0. The van der Waals surface area contributed by atoms with Gasteiger partial charge < -0.3 is 15.0 Å². The van der Waals surface area contributed by atoms with Gasteiger partial charge in [0.15, 0.2) is 0 Å². The fourth-order valence-corrected chi connectivity index (χ4v) is 5.38. The van der Waals surface area contributed by atoms with Crippen LogP contribution in [0, 0.1) is 11.8 Å².